The van der Waals surface area contributed by atoms with E-state index >= 15 is 0 Å². The summed E-state index contributed by atoms with van der Waals surface area (Å²) in [5.41, 5.74) is 1.14. The van der Waals surface area contributed by atoms with Gasteiger partial charge in [0, 0.05) is 6.04 Å². The van der Waals surface area contributed by atoms with E-state index in [-0.39, 0.29) is 0 Å². The van der Waals surface area contributed by atoms with Crippen molar-refractivity contribution in [2.45, 2.75) is 32.2 Å². The number of hydrogen-bond acceptors (Lipinski definition) is 3. The lowest BCUT2D eigenvalue weighted by Crippen LogP contribution is -2.20. The van der Waals surface area contributed by atoms with E-state index in [4.69, 9.17) is 0 Å². The van der Waals surface area contributed by atoms with E-state index in [1.54, 1.807) is 0 Å². The van der Waals surface area contributed by atoms with E-state index in [9.17, 15) is 0 Å². The Morgan fingerprint density at radius 3 is 2.94 bits per heavy atom. The van der Waals surface area contributed by atoms with Gasteiger partial charge in [-0.25, -0.2) is 4.98 Å². The summed E-state index contributed by atoms with van der Waals surface area (Å²) in [6, 6.07) is 8.97. The maximum atomic E-state index is 4.63. The van der Waals surface area contributed by atoms with Gasteiger partial charge in [0.15, 0.2) is 0 Å². The molecule has 0 aliphatic rings. The second kappa shape index (κ2) is 5.41. The van der Waals surface area contributed by atoms with Crippen LogP contribution in [0.3, 0.4) is 0 Å². The number of hydrogen-bond donors (Lipinski definition) is 1. The fraction of sp³-hybridized carbons (Fsp3) is 0.462. The molecule has 16 heavy (non-hydrogen) atoms. The molecule has 0 aliphatic carbocycles. The van der Waals surface area contributed by atoms with Crippen LogP contribution in [0.15, 0.2) is 24.3 Å². The molecule has 3 heteroatoms. The summed E-state index contributed by atoms with van der Waals surface area (Å²) in [7, 11) is 2.02. The van der Waals surface area contributed by atoms with Gasteiger partial charge in [-0.2, -0.15) is 0 Å². The van der Waals surface area contributed by atoms with Crippen LogP contribution >= 0.6 is 11.3 Å². The molecule has 1 aromatic heterocycles. The van der Waals surface area contributed by atoms with Crippen LogP contribution < -0.4 is 5.32 Å². The second-order valence-corrected chi connectivity index (χ2v) is 5.27. The predicted octanol–water partition coefficient (Wildman–Crippen LogP) is 3.23. The van der Waals surface area contributed by atoms with Gasteiger partial charge in [-0.1, -0.05) is 12.1 Å². The van der Waals surface area contributed by atoms with Crippen molar-refractivity contribution in [2.75, 3.05) is 7.05 Å². The van der Waals surface area contributed by atoms with Crippen LogP contribution in [0.2, 0.25) is 0 Å². The molecule has 0 radical (unpaired) electrons. The molecule has 0 amide bonds. The fourth-order valence-corrected chi connectivity index (χ4v) is 2.74. The molecule has 1 aromatic carbocycles. The summed E-state index contributed by atoms with van der Waals surface area (Å²) in [5.74, 6) is 0. The standard InChI is InChI=1S/C13H18N2S/c1-10(14-2)6-5-9-13-15-11-7-3-4-8-12(11)16-13/h3-4,7-8,10,14H,5-6,9H2,1-2H3. The zero-order valence-corrected chi connectivity index (χ0v) is 10.7. The van der Waals surface area contributed by atoms with Crippen LogP contribution in [-0.2, 0) is 6.42 Å². The van der Waals surface area contributed by atoms with Crippen molar-refractivity contribution in [3.63, 3.8) is 0 Å². The van der Waals surface area contributed by atoms with E-state index in [0.29, 0.717) is 6.04 Å². The quantitative estimate of drug-likeness (QED) is 0.859. The van der Waals surface area contributed by atoms with Crippen molar-refractivity contribution < 1.29 is 0 Å². The first-order chi connectivity index (χ1) is 7.79. The molecule has 1 N–H and O–H groups in total. The molecule has 1 atom stereocenters. The third-order valence-corrected chi connectivity index (χ3v) is 3.95. The van der Waals surface area contributed by atoms with Gasteiger partial charge in [0.1, 0.15) is 0 Å². The highest BCUT2D eigenvalue weighted by molar-refractivity contribution is 7.18. The van der Waals surface area contributed by atoms with Gasteiger partial charge in [-0.3, -0.25) is 0 Å². The molecule has 0 saturated carbocycles. The average Bonchev–Trinajstić information content (AvgIpc) is 2.71. The Balaban J connectivity index is 1.94. The molecule has 0 spiro atoms. The van der Waals surface area contributed by atoms with Crippen molar-refractivity contribution in [1.82, 2.24) is 10.3 Å². The lowest BCUT2D eigenvalue weighted by molar-refractivity contribution is 0.542. The number of thiazole rings is 1. The average molecular weight is 234 g/mol. The van der Waals surface area contributed by atoms with Gasteiger partial charge in [-0.05, 0) is 45.4 Å². The molecule has 1 unspecified atom stereocenters. The number of benzene rings is 1. The summed E-state index contributed by atoms with van der Waals surface area (Å²) >= 11 is 1.83. The van der Waals surface area contributed by atoms with Crippen LogP contribution in [0.25, 0.3) is 10.2 Å². The normalized spacial score (nSPS) is 13.1. The van der Waals surface area contributed by atoms with Crippen molar-refractivity contribution in [3.8, 4) is 0 Å². The smallest absolute Gasteiger partial charge is 0.0938 e. The third kappa shape index (κ3) is 2.80. The number of fused-ring (bicyclic) bond motifs is 1. The maximum absolute atomic E-state index is 4.63. The third-order valence-electron chi connectivity index (χ3n) is 2.86. The topological polar surface area (TPSA) is 24.9 Å². The fourth-order valence-electron chi connectivity index (χ4n) is 1.73. The molecular weight excluding hydrogens is 216 g/mol. The van der Waals surface area contributed by atoms with Gasteiger partial charge in [0.2, 0.25) is 0 Å². The summed E-state index contributed by atoms with van der Waals surface area (Å²) in [5, 5.41) is 4.53. The Morgan fingerprint density at radius 2 is 2.19 bits per heavy atom. The van der Waals surface area contributed by atoms with Crippen LogP contribution in [0.5, 0.6) is 0 Å². The highest BCUT2D eigenvalue weighted by atomic mass is 32.1. The summed E-state index contributed by atoms with van der Waals surface area (Å²) in [6.45, 7) is 2.22. The Bertz CT molecular complexity index is 417. The number of para-hydroxylation sites is 1. The van der Waals surface area contributed by atoms with Crippen molar-refractivity contribution in [1.29, 1.82) is 0 Å². The number of aromatic nitrogens is 1. The molecule has 2 nitrogen and oxygen atoms in total. The lowest BCUT2D eigenvalue weighted by Gasteiger charge is -2.07. The van der Waals surface area contributed by atoms with Crippen molar-refractivity contribution >= 4 is 21.6 Å². The number of nitrogens with one attached hydrogen (secondary N) is 1. The highest BCUT2D eigenvalue weighted by Gasteiger charge is 2.04. The van der Waals surface area contributed by atoms with E-state index in [2.05, 4.69) is 41.5 Å². The highest BCUT2D eigenvalue weighted by Crippen LogP contribution is 2.22. The largest absolute Gasteiger partial charge is 0.317 e. The first kappa shape index (κ1) is 11.6. The minimum Gasteiger partial charge on any atom is -0.317 e. The molecule has 0 saturated heterocycles. The summed E-state index contributed by atoms with van der Waals surface area (Å²) < 4.78 is 1.30. The Hall–Kier alpha value is -0.930. The molecule has 0 fully saturated rings. The van der Waals surface area contributed by atoms with Crippen LogP contribution in [0.1, 0.15) is 24.8 Å². The maximum Gasteiger partial charge on any atom is 0.0938 e. The van der Waals surface area contributed by atoms with Crippen LogP contribution in [0, 0.1) is 0 Å². The van der Waals surface area contributed by atoms with Gasteiger partial charge in [-0.15, -0.1) is 11.3 Å². The SMILES string of the molecule is CNC(C)CCCc1nc2ccccc2s1. The van der Waals surface area contributed by atoms with Gasteiger partial charge in [0.25, 0.3) is 0 Å². The van der Waals surface area contributed by atoms with E-state index in [0.717, 1.165) is 11.9 Å². The van der Waals surface area contributed by atoms with Crippen molar-refractivity contribution in [2.24, 2.45) is 0 Å². The molecule has 86 valence electrons. The molecule has 2 aromatic rings. The predicted molar refractivity (Wildman–Crippen MR) is 71.1 cm³/mol. The van der Waals surface area contributed by atoms with Crippen LogP contribution in [-0.4, -0.2) is 18.1 Å². The van der Waals surface area contributed by atoms with E-state index in [1.807, 2.05) is 18.4 Å². The van der Waals surface area contributed by atoms with E-state index in [1.165, 1.54) is 22.5 Å². The number of rotatable bonds is 5. The second-order valence-electron chi connectivity index (χ2n) is 4.16. The van der Waals surface area contributed by atoms with Crippen LogP contribution in [0.4, 0.5) is 0 Å². The monoisotopic (exact) mass is 234 g/mol. The zero-order valence-electron chi connectivity index (χ0n) is 9.86. The first-order valence-corrected chi connectivity index (χ1v) is 6.63. The number of nitrogens with zero attached hydrogens (tertiary/aromatic N) is 1. The van der Waals surface area contributed by atoms with Gasteiger partial charge in [0.05, 0.1) is 15.2 Å². The minimum absolute atomic E-state index is 0.606. The Morgan fingerprint density at radius 1 is 1.38 bits per heavy atom. The molecule has 0 aliphatic heterocycles. The summed E-state index contributed by atoms with van der Waals surface area (Å²) in [4.78, 5) is 4.63. The molecule has 0 bridgehead atoms. The molecule has 1 heterocycles. The number of aryl methyl sites for hydroxylation is 1. The summed E-state index contributed by atoms with van der Waals surface area (Å²) in [6.07, 6.45) is 3.53. The Labute approximate surface area is 101 Å². The van der Waals surface area contributed by atoms with Crippen molar-refractivity contribution in [3.05, 3.63) is 29.3 Å². The lowest BCUT2D eigenvalue weighted by atomic mass is 10.1. The molecular formula is C13H18N2S. The zero-order chi connectivity index (χ0) is 11.4. The van der Waals surface area contributed by atoms with E-state index < -0.39 is 0 Å². The first-order valence-electron chi connectivity index (χ1n) is 5.81. The Kier molecular flexibility index (Phi) is 3.91. The minimum atomic E-state index is 0.606. The van der Waals surface area contributed by atoms with Gasteiger partial charge >= 0.3 is 0 Å². The van der Waals surface area contributed by atoms with Gasteiger partial charge < -0.3 is 5.32 Å². The molecule has 2 rings (SSSR count).